The van der Waals surface area contributed by atoms with Crippen LogP contribution in [-0.2, 0) is 6.54 Å². The van der Waals surface area contributed by atoms with Crippen molar-refractivity contribution in [1.29, 1.82) is 0 Å². The number of imidazole rings is 1. The zero-order chi connectivity index (χ0) is 13.1. The highest BCUT2D eigenvalue weighted by atomic mass is 15.2. The first-order valence-corrected chi connectivity index (χ1v) is 6.41. The predicted octanol–water partition coefficient (Wildman–Crippen LogP) is 3.69. The van der Waals surface area contributed by atoms with Crippen LogP contribution in [0.5, 0.6) is 0 Å². The molecule has 0 aliphatic rings. The second-order valence-electron chi connectivity index (χ2n) is 5.05. The summed E-state index contributed by atoms with van der Waals surface area (Å²) in [5.74, 6) is 0.948. The van der Waals surface area contributed by atoms with Gasteiger partial charge in [-0.15, -0.1) is 0 Å². The van der Waals surface area contributed by atoms with E-state index in [0.717, 1.165) is 18.2 Å². The van der Waals surface area contributed by atoms with Gasteiger partial charge >= 0.3 is 0 Å². The van der Waals surface area contributed by atoms with E-state index in [4.69, 9.17) is 0 Å². The Morgan fingerprint density at radius 1 is 1.28 bits per heavy atom. The van der Waals surface area contributed by atoms with Gasteiger partial charge in [0.15, 0.2) is 0 Å². The molecule has 0 bridgehead atoms. The summed E-state index contributed by atoms with van der Waals surface area (Å²) in [7, 11) is 0. The Hall–Kier alpha value is -1.77. The van der Waals surface area contributed by atoms with E-state index in [1.165, 1.54) is 11.1 Å². The highest BCUT2D eigenvalue weighted by molar-refractivity contribution is 5.32. The van der Waals surface area contributed by atoms with E-state index in [2.05, 4.69) is 66.1 Å². The summed E-state index contributed by atoms with van der Waals surface area (Å²) in [4.78, 5) is 4.52. The maximum Gasteiger partial charge on any atom is 0.203 e. The number of hydrogen-bond acceptors (Lipinski definition) is 2. The molecule has 18 heavy (non-hydrogen) atoms. The molecule has 1 N–H and O–H groups in total. The monoisotopic (exact) mass is 243 g/mol. The molecule has 96 valence electrons. The van der Waals surface area contributed by atoms with E-state index in [-0.39, 0.29) is 0 Å². The Bertz CT molecular complexity index is 526. The van der Waals surface area contributed by atoms with Crippen molar-refractivity contribution >= 4 is 5.95 Å². The lowest BCUT2D eigenvalue weighted by Crippen LogP contribution is -2.08. The number of benzene rings is 1. The molecule has 2 aromatic rings. The van der Waals surface area contributed by atoms with Crippen LogP contribution in [-0.4, -0.2) is 9.55 Å². The van der Waals surface area contributed by atoms with Crippen molar-refractivity contribution in [3.8, 4) is 0 Å². The van der Waals surface area contributed by atoms with E-state index >= 15 is 0 Å². The third kappa shape index (κ3) is 2.92. The van der Waals surface area contributed by atoms with Gasteiger partial charge in [0.05, 0.1) is 5.69 Å². The molecule has 0 radical (unpaired) electrons. The van der Waals surface area contributed by atoms with Gasteiger partial charge in [-0.25, -0.2) is 4.98 Å². The van der Waals surface area contributed by atoms with Crippen LogP contribution in [0, 0.1) is 13.8 Å². The maximum absolute atomic E-state index is 4.52. The van der Waals surface area contributed by atoms with E-state index in [0.29, 0.717) is 6.04 Å². The second-order valence-corrected chi connectivity index (χ2v) is 5.05. The first-order valence-electron chi connectivity index (χ1n) is 6.41. The van der Waals surface area contributed by atoms with Gasteiger partial charge in [0.2, 0.25) is 5.95 Å². The molecule has 2 rings (SSSR count). The number of aryl methyl sites for hydroxylation is 2. The number of nitrogens with one attached hydrogen (secondary N) is 1. The van der Waals surface area contributed by atoms with Gasteiger partial charge in [0, 0.05) is 18.8 Å². The number of hydrogen-bond donors (Lipinski definition) is 1. The van der Waals surface area contributed by atoms with Crippen molar-refractivity contribution < 1.29 is 0 Å². The fourth-order valence-corrected chi connectivity index (χ4v) is 2.04. The van der Waals surface area contributed by atoms with E-state index < -0.39 is 0 Å². The summed E-state index contributed by atoms with van der Waals surface area (Å²) in [6.45, 7) is 9.28. The van der Waals surface area contributed by atoms with Crippen molar-refractivity contribution in [3.05, 3.63) is 47.3 Å². The smallest absolute Gasteiger partial charge is 0.203 e. The van der Waals surface area contributed by atoms with Crippen molar-refractivity contribution in [1.82, 2.24) is 9.55 Å². The van der Waals surface area contributed by atoms with Gasteiger partial charge in [0.25, 0.3) is 0 Å². The standard InChI is InChI=1S/C15H21N3/c1-11(2)18-10-13(4)17-15(18)16-9-14-7-5-6-12(3)8-14/h5-8,10-11H,9H2,1-4H3,(H,16,17). The Labute approximate surface area is 109 Å². The third-order valence-electron chi connectivity index (χ3n) is 2.94. The van der Waals surface area contributed by atoms with Crippen molar-refractivity contribution in [2.24, 2.45) is 0 Å². The lowest BCUT2D eigenvalue weighted by atomic mass is 10.1. The van der Waals surface area contributed by atoms with Crippen LogP contribution in [0.2, 0.25) is 0 Å². The predicted molar refractivity (Wildman–Crippen MR) is 75.9 cm³/mol. The summed E-state index contributed by atoms with van der Waals surface area (Å²) < 4.78 is 2.17. The molecule has 3 nitrogen and oxygen atoms in total. The zero-order valence-corrected chi connectivity index (χ0v) is 11.6. The van der Waals surface area contributed by atoms with Gasteiger partial charge in [-0.1, -0.05) is 29.8 Å². The summed E-state index contributed by atoms with van der Waals surface area (Å²) in [5, 5.41) is 3.41. The van der Waals surface area contributed by atoms with Crippen molar-refractivity contribution in [3.63, 3.8) is 0 Å². The first kappa shape index (κ1) is 12.7. The Morgan fingerprint density at radius 3 is 2.72 bits per heavy atom. The largest absolute Gasteiger partial charge is 0.352 e. The Morgan fingerprint density at radius 2 is 2.06 bits per heavy atom. The van der Waals surface area contributed by atoms with Crippen LogP contribution in [0.1, 0.15) is 36.7 Å². The molecule has 0 spiro atoms. The molecule has 1 aromatic heterocycles. The summed E-state index contributed by atoms with van der Waals surface area (Å²) in [6, 6.07) is 8.96. The molecule has 0 unspecified atom stereocenters. The normalized spacial score (nSPS) is 10.9. The Balaban J connectivity index is 2.10. The highest BCUT2D eigenvalue weighted by Crippen LogP contribution is 2.16. The molecule has 0 atom stereocenters. The number of aromatic nitrogens is 2. The lowest BCUT2D eigenvalue weighted by molar-refractivity contribution is 0.604. The Kier molecular flexibility index (Phi) is 3.70. The number of anilines is 1. The van der Waals surface area contributed by atoms with Gasteiger partial charge in [-0.05, 0) is 33.3 Å². The quantitative estimate of drug-likeness (QED) is 0.887. The van der Waals surface area contributed by atoms with Crippen LogP contribution in [0.4, 0.5) is 5.95 Å². The molecule has 0 aliphatic heterocycles. The van der Waals surface area contributed by atoms with Crippen LogP contribution in [0.25, 0.3) is 0 Å². The van der Waals surface area contributed by atoms with Crippen molar-refractivity contribution in [2.75, 3.05) is 5.32 Å². The van der Waals surface area contributed by atoms with Crippen LogP contribution < -0.4 is 5.32 Å². The van der Waals surface area contributed by atoms with E-state index in [9.17, 15) is 0 Å². The molecule has 0 aliphatic carbocycles. The minimum absolute atomic E-state index is 0.422. The molecule has 0 amide bonds. The molecule has 0 fully saturated rings. The average molecular weight is 243 g/mol. The second kappa shape index (κ2) is 5.25. The number of rotatable bonds is 4. The van der Waals surface area contributed by atoms with Gasteiger partial charge in [-0.2, -0.15) is 0 Å². The van der Waals surface area contributed by atoms with E-state index in [1.54, 1.807) is 0 Å². The highest BCUT2D eigenvalue weighted by Gasteiger charge is 2.07. The van der Waals surface area contributed by atoms with Crippen LogP contribution in [0.3, 0.4) is 0 Å². The van der Waals surface area contributed by atoms with Crippen LogP contribution >= 0.6 is 0 Å². The summed E-state index contributed by atoms with van der Waals surface area (Å²) in [5.41, 5.74) is 3.62. The minimum atomic E-state index is 0.422. The lowest BCUT2D eigenvalue weighted by Gasteiger charge is -2.12. The SMILES string of the molecule is Cc1cccc(CNc2nc(C)cn2C(C)C)c1. The molecular formula is C15H21N3. The fourth-order valence-electron chi connectivity index (χ4n) is 2.04. The summed E-state index contributed by atoms with van der Waals surface area (Å²) >= 11 is 0. The zero-order valence-electron chi connectivity index (χ0n) is 11.6. The van der Waals surface area contributed by atoms with E-state index in [1.807, 2.05) is 6.92 Å². The fraction of sp³-hybridized carbons (Fsp3) is 0.400. The number of nitrogens with zero attached hydrogens (tertiary/aromatic N) is 2. The third-order valence-corrected chi connectivity index (χ3v) is 2.94. The maximum atomic E-state index is 4.52. The average Bonchev–Trinajstić information content (AvgIpc) is 2.68. The van der Waals surface area contributed by atoms with Gasteiger partial charge in [-0.3, -0.25) is 0 Å². The molecule has 1 heterocycles. The molecule has 1 aromatic carbocycles. The van der Waals surface area contributed by atoms with Crippen molar-refractivity contribution in [2.45, 2.75) is 40.3 Å². The summed E-state index contributed by atoms with van der Waals surface area (Å²) in [6.07, 6.45) is 2.09. The molecular weight excluding hydrogens is 222 g/mol. The molecule has 3 heteroatoms. The molecule has 0 saturated heterocycles. The van der Waals surface area contributed by atoms with Gasteiger partial charge < -0.3 is 9.88 Å². The minimum Gasteiger partial charge on any atom is -0.352 e. The van der Waals surface area contributed by atoms with Gasteiger partial charge in [0.1, 0.15) is 0 Å². The van der Waals surface area contributed by atoms with Crippen LogP contribution in [0.15, 0.2) is 30.5 Å². The first-order chi connectivity index (χ1) is 8.56. The molecule has 0 saturated carbocycles. The topological polar surface area (TPSA) is 29.9 Å².